The van der Waals surface area contributed by atoms with Crippen LogP contribution in [0.1, 0.15) is 0 Å². The van der Waals surface area contributed by atoms with Crippen molar-refractivity contribution in [1.29, 1.82) is 0 Å². The molecule has 0 aromatic carbocycles. The van der Waals surface area contributed by atoms with E-state index in [2.05, 4.69) is 10.0 Å². The number of carboxylic acid groups (broad SMARTS) is 1. The number of rotatable bonds is 1. The van der Waals surface area contributed by atoms with E-state index in [0.717, 1.165) is 0 Å². The van der Waals surface area contributed by atoms with Crippen molar-refractivity contribution in [3.8, 4) is 0 Å². The lowest BCUT2D eigenvalue weighted by Crippen LogP contribution is -2.31. The molecule has 1 heterocycles. The van der Waals surface area contributed by atoms with Crippen molar-refractivity contribution in [3.05, 3.63) is 10.4 Å². The SMILES string of the molecule is [N-]=[N+]=NC1CN(C(=O)O)CC1(F)F. The van der Waals surface area contributed by atoms with Gasteiger partial charge in [0.25, 0.3) is 5.92 Å². The lowest BCUT2D eigenvalue weighted by Gasteiger charge is -2.11. The third-order valence-corrected chi connectivity index (χ3v) is 1.74. The number of hydrogen-bond acceptors (Lipinski definition) is 2. The van der Waals surface area contributed by atoms with Crippen molar-refractivity contribution >= 4 is 6.09 Å². The maximum Gasteiger partial charge on any atom is 0.407 e. The Morgan fingerprint density at radius 2 is 2.38 bits per heavy atom. The first kappa shape index (κ1) is 9.53. The van der Waals surface area contributed by atoms with Gasteiger partial charge in [-0.25, -0.2) is 13.6 Å². The maximum atomic E-state index is 12.8. The average molecular weight is 192 g/mol. The van der Waals surface area contributed by atoms with Gasteiger partial charge in [0.1, 0.15) is 6.04 Å². The van der Waals surface area contributed by atoms with E-state index in [0.29, 0.717) is 4.90 Å². The predicted molar refractivity (Wildman–Crippen MR) is 37.5 cm³/mol. The molecule has 1 amide bonds. The lowest BCUT2D eigenvalue weighted by atomic mass is 10.2. The van der Waals surface area contributed by atoms with Crippen LogP contribution in [0.5, 0.6) is 0 Å². The Hall–Kier alpha value is -1.56. The van der Waals surface area contributed by atoms with E-state index in [1.165, 1.54) is 0 Å². The van der Waals surface area contributed by atoms with Gasteiger partial charge < -0.3 is 10.0 Å². The highest BCUT2D eigenvalue weighted by molar-refractivity contribution is 5.65. The second-order valence-electron chi connectivity index (χ2n) is 2.64. The van der Waals surface area contributed by atoms with Crippen molar-refractivity contribution in [2.24, 2.45) is 5.11 Å². The summed E-state index contributed by atoms with van der Waals surface area (Å²) in [6.07, 6.45) is -1.43. The number of likely N-dealkylation sites (tertiary alicyclic amines) is 1. The van der Waals surface area contributed by atoms with Crippen molar-refractivity contribution in [2.45, 2.75) is 12.0 Å². The van der Waals surface area contributed by atoms with Gasteiger partial charge in [0.2, 0.25) is 0 Å². The Bertz CT molecular complexity index is 276. The summed E-state index contributed by atoms with van der Waals surface area (Å²) >= 11 is 0. The standard InChI is InChI=1S/C5H6F2N4O2/c6-5(7)2-11(4(12)13)1-3(5)9-10-8/h3H,1-2H2,(H,12,13). The normalized spacial score (nSPS) is 25.4. The van der Waals surface area contributed by atoms with Crippen LogP contribution in [-0.4, -0.2) is 41.2 Å². The molecule has 0 saturated carbocycles. The average Bonchev–Trinajstić information content (AvgIpc) is 2.28. The molecule has 0 bridgehead atoms. The molecule has 72 valence electrons. The van der Waals surface area contributed by atoms with Crippen molar-refractivity contribution < 1.29 is 18.7 Å². The topological polar surface area (TPSA) is 89.3 Å². The fourth-order valence-electron chi connectivity index (χ4n) is 1.10. The molecular formula is C5H6F2N4O2. The van der Waals surface area contributed by atoms with E-state index < -0.39 is 31.1 Å². The van der Waals surface area contributed by atoms with E-state index in [-0.39, 0.29) is 0 Å². The number of amides is 1. The second-order valence-corrected chi connectivity index (χ2v) is 2.64. The Labute approximate surface area is 71.4 Å². The van der Waals surface area contributed by atoms with Crippen LogP contribution in [0.4, 0.5) is 13.6 Å². The molecule has 0 aliphatic carbocycles. The lowest BCUT2D eigenvalue weighted by molar-refractivity contribution is 0.000130. The van der Waals surface area contributed by atoms with Gasteiger partial charge in [0, 0.05) is 11.5 Å². The van der Waals surface area contributed by atoms with Crippen LogP contribution < -0.4 is 0 Å². The Morgan fingerprint density at radius 1 is 1.77 bits per heavy atom. The molecule has 1 N–H and O–H groups in total. The highest BCUT2D eigenvalue weighted by Gasteiger charge is 2.49. The molecule has 8 heteroatoms. The summed E-state index contributed by atoms with van der Waals surface area (Å²) < 4.78 is 25.7. The summed E-state index contributed by atoms with van der Waals surface area (Å²) in [6.45, 7) is -1.36. The van der Waals surface area contributed by atoms with Gasteiger partial charge in [-0.15, -0.1) is 0 Å². The van der Waals surface area contributed by atoms with Crippen LogP contribution in [0.3, 0.4) is 0 Å². The fourth-order valence-corrected chi connectivity index (χ4v) is 1.10. The molecule has 0 aromatic heterocycles. The molecule has 1 fully saturated rings. The summed E-state index contributed by atoms with van der Waals surface area (Å²) in [5, 5.41) is 11.2. The quantitative estimate of drug-likeness (QED) is 0.385. The molecule has 1 atom stereocenters. The molecule has 1 saturated heterocycles. The van der Waals surface area contributed by atoms with Crippen LogP contribution in [0.2, 0.25) is 0 Å². The van der Waals surface area contributed by atoms with E-state index >= 15 is 0 Å². The minimum Gasteiger partial charge on any atom is -0.465 e. The first-order valence-electron chi connectivity index (χ1n) is 3.37. The Balaban J connectivity index is 2.79. The summed E-state index contributed by atoms with van der Waals surface area (Å²) in [5.41, 5.74) is 7.94. The minimum absolute atomic E-state index is 0.452. The molecule has 0 spiro atoms. The van der Waals surface area contributed by atoms with Crippen molar-refractivity contribution in [3.63, 3.8) is 0 Å². The van der Waals surface area contributed by atoms with Gasteiger partial charge >= 0.3 is 6.09 Å². The van der Waals surface area contributed by atoms with Gasteiger partial charge in [-0.3, -0.25) is 0 Å². The molecule has 1 aliphatic rings. The third kappa shape index (κ3) is 1.78. The van der Waals surface area contributed by atoms with Gasteiger partial charge in [0.05, 0.1) is 6.54 Å². The van der Waals surface area contributed by atoms with Gasteiger partial charge in [0.15, 0.2) is 0 Å². The maximum absolute atomic E-state index is 12.8. The van der Waals surface area contributed by atoms with Crippen LogP contribution >= 0.6 is 0 Å². The third-order valence-electron chi connectivity index (χ3n) is 1.74. The van der Waals surface area contributed by atoms with Gasteiger partial charge in [-0.2, -0.15) is 0 Å². The van der Waals surface area contributed by atoms with Gasteiger partial charge in [-0.05, 0) is 5.53 Å². The zero-order valence-corrected chi connectivity index (χ0v) is 6.39. The summed E-state index contributed by atoms with van der Waals surface area (Å²) in [4.78, 5) is 13.1. The Morgan fingerprint density at radius 3 is 2.77 bits per heavy atom. The number of alkyl halides is 2. The molecule has 1 rings (SSSR count). The summed E-state index contributed by atoms with van der Waals surface area (Å²) in [6, 6.07) is -1.59. The predicted octanol–water partition coefficient (Wildman–Crippen LogP) is 1.29. The number of carbonyl (C=O) groups is 1. The fraction of sp³-hybridized carbons (Fsp3) is 0.800. The van der Waals surface area contributed by atoms with Crippen molar-refractivity contribution in [2.75, 3.05) is 13.1 Å². The first-order chi connectivity index (χ1) is 5.97. The van der Waals surface area contributed by atoms with Crippen molar-refractivity contribution in [1.82, 2.24) is 4.90 Å². The molecule has 6 nitrogen and oxygen atoms in total. The smallest absolute Gasteiger partial charge is 0.407 e. The van der Waals surface area contributed by atoms with E-state index in [9.17, 15) is 13.6 Å². The molecule has 13 heavy (non-hydrogen) atoms. The molecular weight excluding hydrogens is 186 g/mol. The van der Waals surface area contributed by atoms with Crippen LogP contribution in [0.15, 0.2) is 5.11 Å². The monoisotopic (exact) mass is 192 g/mol. The highest BCUT2D eigenvalue weighted by atomic mass is 19.3. The summed E-state index contributed by atoms with van der Waals surface area (Å²) in [5.74, 6) is -3.26. The Kier molecular flexibility index (Phi) is 2.24. The van der Waals surface area contributed by atoms with E-state index in [4.69, 9.17) is 10.6 Å². The minimum atomic E-state index is -3.26. The van der Waals surface area contributed by atoms with E-state index in [1.807, 2.05) is 0 Å². The first-order valence-corrected chi connectivity index (χ1v) is 3.37. The van der Waals surface area contributed by atoms with Crippen LogP contribution in [0, 0.1) is 0 Å². The highest BCUT2D eigenvalue weighted by Crippen LogP contribution is 2.29. The number of hydrogen-bond donors (Lipinski definition) is 1. The number of nitrogens with zero attached hydrogens (tertiary/aromatic N) is 4. The zero-order valence-electron chi connectivity index (χ0n) is 6.39. The van der Waals surface area contributed by atoms with Crippen LogP contribution in [-0.2, 0) is 0 Å². The number of azide groups is 1. The van der Waals surface area contributed by atoms with Crippen LogP contribution in [0.25, 0.3) is 10.4 Å². The molecule has 0 aromatic rings. The zero-order chi connectivity index (χ0) is 10.1. The molecule has 1 aliphatic heterocycles. The summed E-state index contributed by atoms with van der Waals surface area (Å²) in [7, 11) is 0. The van der Waals surface area contributed by atoms with Gasteiger partial charge in [-0.1, -0.05) is 5.11 Å². The second kappa shape index (κ2) is 3.06. The number of halogens is 2. The largest absolute Gasteiger partial charge is 0.465 e. The molecule has 0 radical (unpaired) electrons. The van der Waals surface area contributed by atoms with E-state index in [1.54, 1.807) is 0 Å². The molecule has 1 unspecified atom stereocenters.